The van der Waals surface area contributed by atoms with E-state index >= 15 is 0 Å². The van der Waals surface area contributed by atoms with Gasteiger partial charge in [0.1, 0.15) is 0 Å². The molecule has 2 aliphatic rings. The third-order valence-corrected chi connectivity index (χ3v) is 5.17. The van der Waals surface area contributed by atoms with Crippen molar-refractivity contribution in [3.05, 3.63) is 0 Å². The van der Waals surface area contributed by atoms with E-state index in [4.69, 9.17) is 4.74 Å². The molecular weight excluding hydrogens is 264 g/mol. The van der Waals surface area contributed by atoms with Crippen LogP contribution in [0.2, 0.25) is 0 Å². The monoisotopic (exact) mass is 298 g/mol. The first-order valence-corrected chi connectivity index (χ1v) is 8.82. The topological polar surface area (TPSA) is 44.7 Å². The Bertz CT molecular complexity index is 285. The summed E-state index contributed by atoms with van der Waals surface area (Å²) in [5.41, 5.74) is -0.0410. The highest BCUT2D eigenvalue weighted by Gasteiger charge is 2.33. The number of rotatable bonds is 10. The molecule has 1 saturated heterocycles. The molecule has 1 heterocycles. The van der Waals surface area contributed by atoms with E-state index in [9.17, 15) is 5.11 Å². The second-order valence-electron chi connectivity index (χ2n) is 7.13. The lowest BCUT2D eigenvalue weighted by molar-refractivity contribution is 0.0549. The predicted octanol–water partition coefficient (Wildman–Crippen LogP) is 2.02. The van der Waals surface area contributed by atoms with E-state index in [1.54, 1.807) is 0 Å². The number of nitrogens with one attached hydrogen (secondary N) is 1. The van der Waals surface area contributed by atoms with Gasteiger partial charge in [0.25, 0.3) is 0 Å². The molecule has 2 rings (SSSR count). The minimum atomic E-state index is -0.0410. The van der Waals surface area contributed by atoms with Crippen LogP contribution in [0.25, 0.3) is 0 Å². The molecule has 1 aliphatic carbocycles. The number of aliphatic hydroxyl groups excluding tert-OH is 1. The smallest absolute Gasteiger partial charge is 0.0613 e. The Hall–Kier alpha value is -0.160. The Kier molecular flexibility index (Phi) is 6.93. The maximum Gasteiger partial charge on any atom is 0.0613 e. The van der Waals surface area contributed by atoms with Crippen molar-refractivity contribution >= 4 is 0 Å². The Morgan fingerprint density at radius 1 is 1.24 bits per heavy atom. The SMILES string of the molecule is CCC(CO)(CCCN(C)CC1CCOCC1)NC1CC1. The van der Waals surface area contributed by atoms with Crippen LogP contribution in [-0.2, 0) is 4.74 Å². The van der Waals surface area contributed by atoms with E-state index in [0.29, 0.717) is 6.04 Å². The summed E-state index contributed by atoms with van der Waals surface area (Å²) in [6, 6.07) is 0.664. The lowest BCUT2D eigenvalue weighted by Crippen LogP contribution is -2.49. The van der Waals surface area contributed by atoms with Crippen molar-refractivity contribution in [2.75, 3.05) is 40.0 Å². The van der Waals surface area contributed by atoms with Crippen LogP contribution in [0.3, 0.4) is 0 Å². The minimum Gasteiger partial charge on any atom is -0.394 e. The van der Waals surface area contributed by atoms with Crippen molar-refractivity contribution < 1.29 is 9.84 Å². The lowest BCUT2D eigenvalue weighted by Gasteiger charge is -2.33. The molecule has 1 atom stereocenters. The van der Waals surface area contributed by atoms with Crippen LogP contribution in [0.15, 0.2) is 0 Å². The molecule has 2 N–H and O–H groups in total. The van der Waals surface area contributed by atoms with Gasteiger partial charge in [-0.3, -0.25) is 0 Å². The maximum absolute atomic E-state index is 9.79. The zero-order valence-corrected chi connectivity index (χ0v) is 13.9. The van der Waals surface area contributed by atoms with Gasteiger partial charge in [-0.2, -0.15) is 0 Å². The summed E-state index contributed by atoms with van der Waals surface area (Å²) in [6.07, 6.45) is 8.25. The molecule has 0 aromatic carbocycles. The second-order valence-corrected chi connectivity index (χ2v) is 7.13. The van der Waals surface area contributed by atoms with Crippen LogP contribution in [0, 0.1) is 5.92 Å². The summed E-state index contributed by atoms with van der Waals surface area (Å²) in [7, 11) is 2.23. The largest absolute Gasteiger partial charge is 0.394 e. The predicted molar refractivity (Wildman–Crippen MR) is 86.5 cm³/mol. The average Bonchev–Trinajstić information content (AvgIpc) is 3.31. The van der Waals surface area contributed by atoms with Crippen LogP contribution in [0.4, 0.5) is 0 Å². The van der Waals surface area contributed by atoms with Gasteiger partial charge in [0.05, 0.1) is 6.61 Å². The number of hydrogen-bond donors (Lipinski definition) is 2. The lowest BCUT2D eigenvalue weighted by atomic mass is 9.90. The Morgan fingerprint density at radius 2 is 1.95 bits per heavy atom. The summed E-state index contributed by atoms with van der Waals surface area (Å²) in [5.74, 6) is 0.808. The van der Waals surface area contributed by atoms with Crippen molar-refractivity contribution in [1.29, 1.82) is 0 Å². The molecule has 1 saturated carbocycles. The summed E-state index contributed by atoms with van der Waals surface area (Å²) in [4.78, 5) is 2.46. The van der Waals surface area contributed by atoms with Gasteiger partial charge in [0.2, 0.25) is 0 Å². The highest BCUT2D eigenvalue weighted by atomic mass is 16.5. The molecule has 0 bridgehead atoms. The fourth-order valence-electron chi connectivity index (χ4n) is 3.40. The minimum absolute atomic E-state index is 0.0410. The van der Waals surface area contributed by atoms with Crippen molar-refractivity contribution in [3.8, 4) is 0 Å². The van der Waals surface area contributed by atoms with E-state index < -0.39 is 0 Å². The van der Waals surface area contributed by atoms with Crippen LogP contribution >= 0.6 is 0 Å². The molecule has 1 aliphatic heterocycles. The summed E-state index contributed by atoms with van der Waals surface area (Å²) >= 11 is 0. The van der Waals surface area contributed by atoms with Gasteiger partial charge in [-0.1, -0.05) is 6.92 Å². The summed E-state index contributed by atoms with van der Waals surface area (Å²) < 4.78 is 5.42. The van der Waals surface area contributed by atoms with Crippen molar-refractivity contribution in [3.63, 3.8) is 0 Å². The van der Waals surface area contributed by atoms with E-state index in [1.807, 2.05) is 0 Å². The van der Waals surface area contributed by atoms with Gasteiger partial charge in [-0.15, -0.1) is 0 Å². The fourth-order valence-corrected chi connectivity index (χ4v) is 3.40. The second kappa shape index (κ2) is 8.47. The summed E-state index contributed by atoms with van der Waals surface area (Å²) in [6.45, 7) is 6.66. The average molecular weight is 298 g/mol. The highest BCUT2D eigenvalue weighted by Crippen LogP contribution is 2.27. The molecular formula is C17H34N2O2. The van der Waals surface area contributed by atoms with Gasteiger partial charge in [0.15, 0.2) is 0 Å². The zero-order chi connectivity index (χ0) is 15.1. The zero-order valence-electron chi connectivity index (χ0n) is 13.9. The molecule has 0 aromatic heterocycles. The van der Waals surface area contributed by atoms with E-state index in [0.717, 1.165) is 44.9 Å². The van der Waals surface area contributed by atoms with E-state index in [-0.39, 0.29) is 12.1 Å². The highest BCUT2D eigenvalue weighted by molar-refractivity contribution is 4.94. The molecule has 0 spiro atoms. The van der Waals surface area contributed by atoms with Crippen LogP contribution in [-0.4, -0.2) is 61.5 Å². The first-order valence-electron chi connectivity index (χ1n) is 8.82. The quantitative estimate of drug-likeness (QED) is 0.648. The van der Waals surface area contributed by atoms with Crippen molar-refractivity contribution in [2.45, 2.75) is 63.5 Å². The molecule has 4 heteroatoms. The fraction of sp³-hybridized carbons (Fsp3) is 1.00. The van der Waals surface area contributed by atoms with Crippen molar-refractivity contribution in [1.82, 2.24) is 10.2 Å². The number of hydrogen-bond acceptors (Lipinski definition) is 4. The van der Waals surface area contributed by atoms with E-state index in [1.165, 1.54) is 32.2 Å². The Morgan fingerprint density at radius 3 is 2.52 bits per heavy atom. The molecule has 124 valence electrons. The number of ether oxygens (including phenoxy) is 1. The van der Waals surface area contributed by atoms with Gasteiger partial charge in [-0.25, -0.2) is 0 Å². The molecule has 0 radical (unpaired) electrons. The molecule has 21 heavy (non-hydrogen) atoms. The van der Waals surface area contributed by atoms with Crippen molar-refractivity contribution in [2.24, 2.45) is 5.92 Å². The van der Waals surface area contributed by atoms with Crippen LogP contribution < -0.4 is 5.32 Å². The van der Waals surface area contributed by atoms with Crippen LogP contribution in [0.1, 0.15) is 51.9 Å². The Labute approximate surface area is 130 Å². The first-order chi connectivity index (χ1) is 10.2. The van der Waals surface area contributed by atoms with Gasteiger partial charge in [-0.05, 0) is 64.5 Å². The van der Waals surface area contributed by atoms with Gasteiger partial charge >= 0.3 is 0 Å². The van der Waals surface area contributed by atoms with Crippen LogP contribution in [0.5, 0.6) is 0 Å². The third-order valence-electron chi connectivity index (χ3n) is 5.17. The molecule has 0 amide bonds. The third kappa shape index (κ3) is 5.85. The molecule has 0 aromatic rings. The van der Waals surface area contributed by atoms with Gasteiger partial charge < -0.3 is 20.1 Å². The molecule has 4 nitrogen and oxygen atoms in total. The number of nitrogens with zero attached hydrogens (tertiary/aromatic N) is 1. The Balaban J connectivity index is 1.65. The first kappa shape index (κ1) is 17.2. The standard InChI is InChI=1S/C17H34N2O2/c1-3-17(14-20,18-16-5-6-16)9-4-10-19(2)13-15-7-11-21-12-8-15/h15-16,18,20H,3-14H2,1-2H3. The van der Waals surface area contributed by atoms with Gasteiger partial charge in [0, 0.05) is 31.3 Å². The van der Waals surface area contributed by atoms with E-state index in [2.05, 4.69) is 24.2 Å². The number of aliphatic hydroxyl groups is 1. The molecule has 2 fully saturated rings. The normalized spacial score (nSPS) is 23.4. The summed E-state index contributed by atoms with van der Waals surface area (Å²) in [5, 5.41) is 13.5. The maximum atomic E-state index is 9.79. The molecule has 1 unspecified atom stereocenters.